The van der Waals surface area contributed by atoms with E-state index < -0.39 is 10.0 Å². The maximum atomic E-state index is 13.1. The van der Waals surface area contributed by atoms with E-state index in [4.69, 9.17) is 0 Å². The van der Waals surface area contributed by atoms with Gasteiger partial charge in [-0.25, -0.2) is 13.2 Å². The van der Waals surface area contributed by atoms with Gasteiger partial charge in [-0.05, 0) is 49.4 Å². The summed E-state index contributed by atoms with van der Waals surface area (Å²) >= 11 is 0. The Bertz CT molecular complexity index is 1660. The van der Waals surface area contributed by atoms with Crippen LogP contribution in [0, 0.1) is 0 Å². The van der Waals surface area contributed by atoms with Crippen LogP contribution in [0.1, 0.15) is 6.92 Å². The molecule has 0 unspecified atom stereocenters. The fraction of sp³-hybridized carbons (Fsp3) is 0.174. The van der Waals surface area contributed by atoms with Gasteiger partial charge in [0.05, 0.1) is 15.9 Å². The maximum absolute atomic E-state index is 13.1. The molecule has 1 N–H and O–H groups in total. The van der Waals surface area contributed by atoms with E-state index in [-0.39, 0.29) is 10.6 Å². The summed E-state index contributed by atoms with van der Waals surface area (Å²) in [6, 6.07) is 18.4. The van der Waals surface area contributed by atoms with Crippen molar-refractivity contribution in [3.8, 4) is 0 Å². The number of fused-ring (bicyclic) bond motifs is 4. The lowest BCUT2D eigenvalue weighted by molar-refractivity contribution is 0.601. The highest BCUT2D eigenvalue weighted by molar-refractivity contribution is 7.92. The molecule has 0 spiro atoms. The van der Waals surface area contributed by atoms with Gasteiger partial charge in [0.1, 0.15) is 0 Å². The standard InChI is InChI=1S/C23H22N4O3S/c1-4-27-19-8-6-5-7-17(19)18-13-15(9-11-20(18)27)24-31(29,30)16-10-12-21-22(14-16)26(3)23(28)25(21)2/h5-14,24H,4H2,1-3H3. The molecular formula is C23H22N4O3S. The Morgan fingerprint density at radius 1 is 0.806 bits per heavy atom. The van der Waals surface area contributed by atoms with E-state index in [0.29, 0.717) is 16.7 Å². The van der Waals surface area contributed by atoms with Gasteiger partial charge in [-0.15, -0.1) is 0 Å². The molecule has 0 aliphatic rings. The monoisotopic (exact) mass is 434 g/mol. The third-order valence-corrected chi connectivity index (χ3v) is 7.27. The molecule has 7 nitrogen and oxygen atoms in total. The summed E-state index contributed by atoms with van der Waals surface area (Å²) in [7, 11) is -0.531. The Balaban J connectivity index is 1.60. The average Bonchev–Trinajstić information content (AvgIpc) is 3.20. The molecule has 158 valence electrons. The molecule has 2 heterocycles. The molecular weight excluding hydrogens is 412 g/mol. The number of aromatic nitrogens is 3. The van der Waals surface area contributed by atoms with Crippen molar-refractivity contribution in [2.45, 2.75) is 18.4 Å². The highest BCUT2D eigenvalue weighted by atomic mass is 32.2. The van der Waals surface area contributed by atoms with Gasteiger partial charge in [0, 0.05) is 48.1 Å². The number of nitrogens with one attached hydrogen (secondary N) is 1. The second kappa shape index (κ2) is 6.75. The summed E-state index contributed by atoms with van der Waals surface area (Å²) in [5, 5.41) is 2.08. The van der Waals surface area contributed by atoms with Crippen LogP contribution in [0.2, 0.25) is 0 Å². The SMILES string of the molecule is CCn1c2ccccc2c2cc(NS(=O)(=O)c3ccc4c(c3)n(C)c(=O)n4C)ccc21. The van der Waals surface area contributed by atoms with Gasteiger partial charge in [-0.1, -0.05) is 18.2 Å². The van der Waals surface area contributed by atoms with Gasteiger partial charge in [-0.2, -0.15) is 0 Å². The van der Waals surface area contributed by atoms with Gasteiger partial charge >= 0.3 is 5.69 Å². The van der Waals surface area contributed by atoms with E-state index in [9.17, 15) is 13.2 Å². The summed E-state index contributed by atoms with van der Waals surface area (Å²) in [5.41, 5.74) is 3.73. The van der Waals surface area contributed by atoms with Crippen molar-refractivity contribution in [3.63, 3.8) is 0 Å². The van der Waals surface area contributed by atoms with E-state index in [1.54, 1.807) is 26.2 Å². The van der Waals surface area contributed by atoms with Crippen LogP contribution in [-0.4, -0.2) is 22.1 Å². The maximum Gasteiger partial charge on any atom is 0.328 e. The van der Waals surface area contributed by atoms with Crippen molar-refractivity contribution in [1.29, 1.82) is 0 Å². The Labute approximate surface area is 179 Å². The lowest BCUT2D eigenvalue weighted by Gasteiger charge is -2.09. The zero-order valence-electron chi connectivity index (χ0n) is 17.5. The summed E-state index contributed by atoms with van der Waals surface area (Å²) < 4.78 is 34.0. The van der Waals surface area contributed by atoms with Gasteiger partial charge < -0.3 is 4.57 Å². The van der Waals surface area contributed by atoms with Crippen molar-refractivity contribution in [2.24, 2.45) is 14.1 Å². The minimum atomic E-state index is -3.83. The Morgan fingerprint density at radius 3 is 2.26 bits per heavy atom. The van der Waals surface area contributed by atoms with E-state index in [2.05, 4.69) is 22.3 Å². The first-order valence-electron chi connectivity index (χ1n) is 10.0. The molecule has 0 atom stereocenters. The number of benzene rings is 3. The number of anilines is 1. The highest BCUT2D eigenvalue weighted by Crippen LogP contribution is 2.31. The molecule has 0 aliphatic carbocycles. The predicted molar refractivity (Wildman–Crippen MR) is 124 cm³/mol. The first-order chi connectivity index (χ1) is 14.8. The lowest BCUT2D eigenvalue weighted by Crippen LogP contribution is -2.19. The van der Waals surface area contributed by atoms with E-state index in [1.165, 1.54) is 21.3 Å². The van der Waals surface area contributed by atoms with Gasteiger partial charge in [0.25, 0.3) is 10.0 Å². The molecule has 0 amide bonds. The largest absolute Gasteiger partial charge is 0.341 e. The van der Waals surface area contributed by atoms with Crippen LogP contribution >= 0.6 is 0 Å². The topological polar surface area (TPSA) is 78.0 Å². The van der Waals surface area contributed by atoms with Gasteiger partial charge in [0.15, 0.2) is 0 Å². The summed E-state index contributed by atoms with van der Waals surface area (Å²) in [5.74, 6) is 0. The average molecular weight is 435 g/mol. The fourth-order valence-electron chi connectivity index (χ4n) is 4.33. The van der Waals surface area contributed by atoms with E-state index >= 15 is 0 Å². The molecule has 2 aromatic heterocycles. The number of imidazole rings is 1. The zero-order valence-corrected chi connectivity index (χ0v) is 18.3. The Morgan fingerprint density at radius 2 is 1.48 bits per heavy atom. The molecule has 0 radical (unpaired) electrons. The quantitative estimate of drug-likeness (QED) is 0.467. The van der Waals surface area contributed by atoms with Gasteiger partial charge in [-0.3, -0.25) is 13.9 Å². The number of aryl methyl sites for hydroxylation is 3. The number of para-hydroxylation sites is 1. The van der Waals surface area contributed by atoms with Crippen LogP contribution in [0.15, 0.2) is 70.4 Å². The molecule has 5 aromatic rings. The molecule has 0 fully saturated rings. The highest BCUT2D eigenvalue weighted by Gasteiger charge is 2.18. The molecule has 0 saturated carbocycles. The summed E-state index contributed by atoms with van der Waals surface area (Å²) in [4.78, 5) is 12.3. The fourth-order valence-corrected chi connectivity index (χ4v) is 5.39. The van der Waals surface area contributed by atoms with E-state index in [0.717, 1.165) is 28.4 Å². The van der Waals surface area contributed by atoms with Crippen molar-refractivity contribution in [3.05, 3.63) is 71.1 Å². The van der Waals surface area contributed by atoms with Crippen molar-refractivity contribution >= 4 is 48.5 Å². The first-order valence-corrected chi connectivity index (χ1v) is 11.5. The third kappa shape index (κ3) is 2.86. The predicted octanol–water partition coefficient (Wildman–Crippen LogP) is 3.81. The molecule has 0 aliphatic heterocycles. The normalized spacial score (nSPS) is 12.2. The Kier molecular flexibility index (Phi) is 4.23. The smallest absolute Gasteiger partial charge is 0.328 e. The van der Waals surface area contributed by atoms with Crippen LogP contribution in [0.3, 0.4) is 0 Å². The molecule has 8 heteroatoms. The summed E-state index contributed by atoms with van der Waals surface area (Å²) in [6.07, 6.45) is 0. The zero-order chi connectivity index (χ0) is 21.9. The van der Waals surface area contributed by atoms with Gasteiger partial charge in [0.2, 0.25) is 0 Å². The minimum absolute atomic E-state index is 0.109. The van der Waals surface area contributed by atoms with Crippen molar-refractivity contribution in [1.82, 2.24) is 13.7 Å². The molecule has 31 heavy (non-hydrogen) atoms. The second-order valence-corrected chi connectivity index (χ2v) is 9.33. The number of sulfonamides is 1. The van der Waals surface area contributed by atoms with Crippen LogP contribution in [-0.2, 0) is 30.7 Å². The molecule has 3 aromatic carbocycles. The first kappa shape index (κ1) is 19.4. The molecule has 0 saturated heterocycles. The second-order valence-electron chi connectivity index (χ2n) is 7.65. The van der Waals surface area contributed by atoms with Crippen molar-refractivity contribution < 1.29 is 8.42 Å². The number of nitrogens with zero attached hydrogens (tertiary/aromatic N) is 3. The van der Waals surface area contributed by atoms with Crippen LogP contribution in [0.25, 0.3) is 32.8 Å². The van der Waals surface area contributed by atoms with E-state index in [1.807, 2.05) is 30.3 Å². The molecule has 5 rings (SSSR count). The number of hydrogen-bond acceptors (Lipinski definition) is 3. The van der Waals surface area contributed by atoms with Crippen molar-refractivity contribution in [2.75, 3.05) is 4.72 Å². The molecule has 0 bridgehead atoms. The van der Waals surface area contributed by atoms with Crippen LogP contribution in [0.5, 0.6) is 0 Å². The lowest BCUT2D eigenvalue weighted by atomic mass is 10.1. The van der Waals surface area contributed by atoms with Crippen LogP contribution in [0.4, 0.5) is 5.69 Å². The Hall–Kier alpha value is -3.52. The minimum Gasteiger partial charge on any atom is -0.341 e. The number of hydrogen-bond donors (Lipinski definition) is 1. The number of rotatable bonds is 4. The third-order valence-electron chi connectivity index (χ3n) is 5.89. The summed E-state index contributed by atoms with van der Waals surface area (Å²) in [6.45, 7) is 2.92. The van der Waals surface area contributed by atoms with Crippen LogP contribution < -0.4 is 10.4 Å².